The van der Waals surface area contributed by atoms with Gasteiger partial charge in [0, 0.05) is 5.41 Å². The highest BCUT2D eigenvalue weighted by molar-refractivity contribution is 5.49. The quantitative estimate of drug-likeness (QED) is 0.532. The van der Waals surface area contributed by atoms with Crippen molar-refractivity contribution in [2.75, 3.05) is 6.61 Å². The van der Waals surface area contributed by atoms with E-state index < -0.39 is 29.2 Å². The van der Waals surface area contributed by atoms with E-state index in [0.29, 0.717) is 6.61 Å². The summed E-state index contributed by atoms with van der Waals surface area (Å²) in [6.45, 7) is 7.06. The van der Waals surface area contributed by atoms with Gasteiger partial charge in [0.15, 0.2) is 11.9 Å². The maximum Gasteiger partial charge on any atom is 0.177 e. The predicted molar refractivity (Wildman–Crippen MR) is 88.1 cm³/mol. The van der Waals surface area contributed by atoms with E-state index in [4.69, 9.17) is 18.9 Å². The molecule has 0 aromatic rings. The monoisotopic (exact) mass is 362 g/mol. The zero-order valence-corrected chi connectivity index (χ0v) is 15.4. The molecule has 1 unspecified atom stereocenters. The van der Waals surface area contributed by atoms with Crippen molar-refractivity contribution < 1.29 is 29.2 Å². The van der Waals surface area contributed by atoms with E-state index >= 15 is 0 Å². The lowest BCUT2D eigenvalue weighted by Gasteiger charge is -2.53. The van der Waals surface area contributed by atoms with E-state index in [9.17, 15) is 10.2 Å². The first-order chi connectivity index (χ1) is 12.3. The lowest BCUT2D eigenvalue weighted by atomic mass is 9.46. The van der Waals surface area contributed by atoms with Crippen molar-refractivity contribution in [3.8, 4) is 0 Å². The standard InChI is InChI=1S/C20H26O6/c1-8(2)18-13(25-18)14-20(26-14)17(3)5-4-9-10(7-23-15(9)21)11(17)6-12-19(20,24-12)16(18)22/h8,11-16,21-22H,4-7H2,1-3H3/t11-,12-,13-,14-,15?,16+,17-,18-,19+,20+/m0/s1. The van der Waals surface area contributed by atoms with Crippen molar-refractivity contribution in [2.45, 2.75) is 87.5 Å². The van der Waals surface area contributed by atoms with Gasteiger partial charge in [0.2, 0.25) is 0 Å². The van der Waals surface area contributed by atoms with Gasteiger partial charge in [0.05, 0.1) is 12.7 Å². The highest BCUT2D eigenvalue weighted by atomic mass is 16.7. The molecular weight excluding hydrogens is 336 g/mol. The zero-order chi connectivity index (χ0) is 17.9. The number of hydrogen-bond acceptors (Lipinski definition) is 6. The van der Waals surface area contributed by atoms with Crippen LogP contribution in [0.4, 0.5) is 0 Å². The minimum atomic E-state index is -0.743. The van der Waals surface area contributed by atoms with Crippen LogP contribution in [0.1, 0.15) is 40.0 Å². The van der Waals surface area contributed by atoms with E-state index in [-0.39, 0.29) is 35.6 Å². The summed E-state index contributed by atoms with van der Waals surface area (Å²) in [5.74, 6) is 0.514. The maximum atomic E-state index is 11.5. The molecule has 10 atom stereocenters. The van der Waals surface area contributed by atoms with Crippen LogP contribution in [-0.2, 0) is 18.9 Å². The number of hydrogen-bond donors (Lipinski definition) is 2. The molecule has 5 fully saturated rings. The van der Waals surface area contributed by atoms with E-state index in [2.05, 4.69) is 20.8 Å². The van der Waals surface area contributed by atoms with Crippen molar-refractivity contribution in [1.29, 1.82) is 0 Å². The van der Waals surface area contributed by atoms with Crippen molar-refractivity contribution >= 4 is 0 Å². The topological polar surface area (TPSA) is 87.3 Å². The minimum Gasteiger partial charge on any atom is -0.387 e. The lowest BCUT2D eigenvalue weighted by Crippen LogP contribution is -2.69. The number of aliphatic hydroxyl groups is 2. The fourth-order valence-corrected chi connectivity index (χ4v) is 7.82. The molecule has 0 amide bonds. The molecule has 0 radical (unpaired) electrons. The third-order valence-electron chi connectivity index (χ3n) is 9.23. The molecule has 6 heteroatoms. The van der Waals surface area contributed by atoms with Gasteiger partial charge in [0.1, 0.15) is 29.5 Å². The molecule has 2 N–H and O–H groups in total. The summed E-state index contributed by atoms with van der Waals surface area (Å²) < 4.78 is 24.6. The van der Waals surface area contributed by atoms with Crippen molar-refractivity contribution in [3.63, 3.8) is 0 Å². The summed E-state index contributed by atoms with van der Waals surface area (Å²) >= 11 is 0. The molecule has 4 heterocycles. The Labute approximate surface area is 152 Å². The Hall–Kier alpha value is -0.500. The van der Waals surface area contributed by atoms with Crippen LogP contribution < -0.4 is 0 Å². The third kappa shape index (κ3) is 1.20. The van der Waals surface area contributed by atoms with Crippen molar-refractivity contribution in [1.82, 2.24) is 0 Å². The van der Waals surface area contributed by atoms with E-state index in [0.717, 1.165) is 24.8 Å². The van der Waals surface area contributed by atoms with Crippen molar-refractivity contribution in [2.24, 2.45) is 17.3 Å². The largest absolute Gasteiger partial charge is 0.387 e. The molecule has 142 valence electrons. The molecular formula is C20H26O6. The third-order valence-corrected chi connectivity index (χ3v) is 9.23. The van der Waals surface area contributed by atoms with Crippen LogP contribution in [0, 0.1) is 17.3 Å². The average Bonchev–Trinajstić information content (AvgIpc) is 3.47. The average molecular weight is 362 g/mol. The van der Waals surface area contributed by atoms with Crippen LogP contribution >= 0.6 is 0 Å². The molecule has 4 aliphatic heterocycles. The number of ether oxygens (including phenoxy) is 4. The van der Waals surface area contributed by atoms with Crippen LogP contribution in [0.15, 0.2) is 11.1 Å². The zero-order valence-electron chi connectivity index (χ0n) is 15.4. The van der Waals surface area contributed by atoms with Crippen LogP contribution in [0.5, 0.6) is 0 Å². The van der Waals surface area contributed by atoms with Crippen LogP contribution in [0.3, 0.4) is 0 Å². The molecule has 0 bridgehead atoms. The second kappa shape index (κ2) is 3.95. The SMILES string of the molecule is CC(C)[C@]12O[C@H]1[C@@H]1O[C@]13[C@]1(O[C@H]1C[C@H]1C4=C(CC[C@@]13C)C(O)OC4)[C@@H]2O. The van der Waals surface area contributed by atoms with Crippen molar-refractivity contribution in [3.05, 3.63) is 11.1 Å². The number of epoxide rings is 3. The van der Waals surface area contributed by atoms with E-state index in [1.165, 1.54) is 5.57 Å². The Morgan fingerprint density at radius 3 is 2.65 bits per heavy atom. The summed E-state index contributed by atoms with van der Waals surface area (Å²) in [7, 11) is 0. The molecule has 2 saturated carbocycles. The van der Waals surface area contributed by atoms with Gasteiger partial charge in [-0.05, 0) is 42.2 Å². The number of rotatable bonds is 1. The van der Waals surface area contributed by atoms with Gasteiger partial charge in [-0.1, -0.05) is 20.8 Å². The van der Waals surface area contributed by atoms with E-state index in [1.807, 2.05) is 0 Å². The normalized spacial score (nSPS) is 66.2. The maximum absolute atomic E-state index is 11.5. The fraction of sp³-hybridized carbons (Fsp3) is 0.900. The Bertz CT molecular complexity index is 778. The second-order valence-corrected chi connectivity index (χ2v) is 10.0. The Balaban J connectivity index is 1.38. The van der Waals surface area contributed by atoms with Crippen LogP contribution in [0.25, 0.3) is 0 Å². The van der Waals surface area contributed by atoms with Crippen LogP contribution in [0.2, 0.25) is 0 Å². The van der Waals surface area contributed by atoms with Gasteiger partial charge in [0.25, 0.3) is 0 Å². The molecule has 7 rings (SSSR count). The molecule has 2 spiro atoms. The summed E-state index contributed by atoms with van der Waals surface area (Å²) in [5, 5.41) is 21.6. The molecule has 26 heavy (non-hydrogen) atoms. The smallest absolute Gasteiger partial charge is 0.177 e. The fourth-order valence-electron chi connectivity index (χ4n) is 7.82. The highest BCUT2D eigenvalue weighted by Crippen LogP contribution is 2.82. The van der Waals surface area contributed by atoms with Gasteiger partial charge in [-0.3, -0.25) is 0 Å². The summed E-state index contributed by atoms with van der Waals surface area (Å²) in [5.41, 5.74) is 0.631. The molecule has 3 saturated heterocycles. The summed E-state index contributed by atoms with van der Waals surface area (Å²) in [6.07, 6.45) is 1.25. The number of aliphatic hydroxyl groups excluding tert-OH is 2. The minimum absolute atomic E-state index is 0.00550. The lowest BCUT2D eigenvalue weighted by molar-refractivity contribution is -0.0979. The predicted octanol–water partition coefficient (Wildman–Crippen LogP) is 0.895. The van der Waals surface area contributed by atoms with Gasteiger partial charge in [-0.2, -0.15) is 0 Å². The first kappa shape index (κ1) is 15.4. The first-order valence-corrected chi connectivity index (χ1v) is 10.1. The summed E-state index contributed by atoms with van der Waals surface area (Å²) in [6, 6.07) is 0. The first-order valence-electron chi connectivity index (χ1n) is 10.1. The molecule has 6 nitrogen and oxygen atoms in total. The van der Waals surface area contributed by atoms with Gasteiger partial charge in [-0.15, -0.1) is 0 Å². The van der Waals surface area contributed by atoms with Crippen LogP contribution in [-0.4, -0.2) is 64.3 Å². The molecule has 3 aliphatic carbocycles. The van der Waals surface area contributed by atoms with Gasteiger partial charge in [-0.25, -0.2) is 0 Å². The second-order valence-electron chi connectivity index (χ2n) is 10.0. The Morgan fingerprint density at radius 1 is 1.08 bits per heavy atom. The van der Waals surface area contributed by atoms with E-state index in [1.54, 1.807) is 0 Å². The molecule has 0 aromatic heterocycles. The molecule has 0 aromatic carbocycles. The Morgan fingerprint density at radius 2 is 1.88 bits per heavy atom. The van der Waals surface area contributed by atoms with Gasteiger partial charge >= 0.3 is 0 Å². The molecule has 7 aliphatic rings. The van der Waals surface area contributed by atoms with Gasteiger partial charge < -0.3 is 29.2 Å². The highest BCUT2D eigenvalue weighted by Gasteiger charge is 3.00. The Kier molecular flexibility index (Phi) is 2.35. The number of fused-ring (bicyclic) bond motifs is 4. The summed E-state index contributed by atoms with van der Waals surface area (Å²) in [4.78, 5) is 0.